The Hall–Kier alpha value is -1.68. The van der Waals surface area contributed by atoms with Crippen LogP contribution in [-0.4, -0.2) is 19.5 Å². The first-order chi connectivity index (χ1) is 10.3. The van der Waals surface area contributed by atoms with Gasteiger partial charge in [-0.2, -0.15) is 0 Å². The molecular formula is C18H23NO2. The monoisotopic (exact) mass is 285 g/mol. The summed E-state index contributed by atoms with van der Waals surface area (Å²) in [7, 11) is 0. The molecule has 0 unspecified atom stereocenters. The third-order valence-electron chi connectivity index (χ3n) is 3.36. The van der Waals surface area contributed by atoms with Crippen LogP contribution in [0.4, 0.5) is 0 Å². The summed E-state index contributed by atoms with van der Waals surface area (Å²) in [6.45, 7) is 5.05. The van der Waals surface area contributed by atoms with Crippen molar-refractivity contribution in [2.75, 3.05) is 13.2 Å². The molecule has 0 saturated carbocycles. The second-order valence-corrected chi connectivity index (χ2v) is 4.79. The molecule has 2 rings (SSSR count). The van der Waals surface area contributed by atoms with E-state index in [1.165, 1.54) is 11.1 Å². The van der Waals surface area contributed by atoms with Gasteiger partial charge < -0.3 is 15.2 Å². The molecule has 0 amide bonds. The van der Waals surface area contributed by atoms with Crippen molar-refractivity contribution < 1.29 is 9.47 Å². The van der Waals surface area contributed by atoms with Gasteiger partial charge in [0.2, 0.25) is 0 Å². The van der Waals surface area contributed by atoms with E-state index in [1.54, 1.807) is 0 Å². The van der Waals surface area contributed by atoms with Gasteiger partial charge in [-0.3, -0.25) is 0 Å². The Morgan fingerprint density at radius 2 is 1.33 bits per heavy atom. The van der Waals surface area contributed by atoms with Crippen LogP contribution < -0.4 is 5.73 Å². The van der Waals surface area contributed by atoms with E-state index in [0.29, 0.717) is 13.2 Å². The minimum Gasteiger partial charge on any atom is -0.351 e. The van der Waals surface area contributed by atoms with E-state index >= 15 is 0 Å². The normalized spacial score (nSPS) is 12.6. The predicted molar refractivity (Wildman–Crippen MR) is 85.8 cm³/mol. The molecule has 0 radical (unpaired) electrons. The molecule has 1 atom stereocenters. The molecule has 2 aromatic rings. The standard InChI is InChI=1S/C18H23NO2/c1-3-20-18(21-4-2)17(19)16-12-10-15(11-13-16)14-8-6-5-7-9-14/h5-13,17-18H,3-4,19H2,1-2H3/t17-/m0/s1. The highest BCUT2D eigenvalue weighted by atomic mass is 16.7. The third kappa shape index (κ3) is 4.14. The summed E-state index contributed by atoms with van der Waals surface area (Å²) < 4.78 is 11.1. The molecule has 3 nitrogen and oxygen atoms in total. The van der Waals surface area contributed by atoms with Crippen LogP contribution in [0.3, 0.4) is 0 Å². The Morgan fingerprint density at radius 3 is 1.86 bits per heavy atom. The second kappa shape index (κ2) is 7.93. The van der Waals surface area contributed by atoms with Crippen LogP contribution >= 0.6 is 0 Å². The largest absolute Gasteiger partial charge is 0.351 e. The zero-order valence-electron chi connectivity index (χ0n) is 12.7. The Bertz CT molecular complexity index is 519. The van der Waals surface area contributed by atoms with Gasteiger partial charge >= 0.3 is 0 Å². The topological polar surface area (TPSA) is 44.5 Å². The van der Waals surface area contributed by atoms with Gasteiger partial charge in [0.15, 0.2) is 6.29 Å². The second-order valence-electron chi connectivity index (χ2n) is 4.79. The van der Waals surface area contributed by atoms with Gasteiger partial charge in [-0.25, -0.2) is 0 Å². The van der Waals surface area contributed by atoms with E-state index in [9.17, 15) is 0 Å². The van der Waals surface area contributed by atoms with E-state index in [4.69, 9.17) is 15.2 Å². The molecule has 2 aromatic carbocycles. The molecule has 0 bridgehead atoms. The van der Waals surface area contributed by atoms with E-state index < -0.39 is 6.29 Å². The number of ether oxygens (including phenoxy) is 2. The summed E-state index contributed by atoms with van der Waals surface area (Å²) in [5.74, 6) is 0. The zero-order chi connectivity index (χ0) is 15.1. The van der Waals surface area contributed by atoms with Gasteiger partial charge in [-0.1, -0.05) is 54.6 Å². The molecule has 0 aliphatic carbocycles. The number of benzene rings is 2. The fourth-order valence-corrected chi connectivity index (χ4v) is 2.27. The summed E-state index contributed by atoms with van der Waals surface area (Å²) >= 11 is 0. The summed E-state index contributed by atoms with van der Waals surface area (Å²) in [4.78, 5) is 0. The van der Waals surface area contributed by atoms with Crippen molar-refractivity contribution in [2.24, 2.45) is 5.73 Å². The highest BCUT2D eigenvalue weighted by molar-refractivity contribution is 5.63. The quantitative estimate of drug-likeness (QED) is 0.788. The Morgan fingerprint density at radius 1 is 0.810 bits per heavy atom. The molecule has 0 heterocycles. The predicted octanol–water partition coefficient (Wildman–Crippen LogP) is 3.75. The Kier molecular flexibility index (Phi) is 5.93. The van der Waals surface area contributed by atoms with Crippen molar-refractivity contribution in [1.29, 1.82) is 0 Å². The molecule has 0 fully saturated rings. The fraction of sp³-hybridized carbons (Fsp3) is 0.333. The van der Waals surface area contributed by atoms with Crippen LogP contribution in [0, 0.1) is 0 Å². The van der Waals surface area contributed by atoms with Gasteiger partial charge in [0, 0.05) is 13.2 Å². The number of rotatable bonds is 7. The van der Waals surface area contributed by atoms with E-state index in [2.05, 4.69) is 24.3 Å². The number of hydrogen-bond acceptors (Lipinski definition) is 3. The number of hydrogen-bond donors (Lipinski definition) is 1. The van der Waals surface area contributed by atoms with Crippen LogP contribution in [0.25, 0.3) is 11.1 Å². The first-order valence-electron chi connectivity index (χ1n) is 7.40. The third-order valence-corrected chi connectivity index (χ3v) is 3.36. The van der Waals surface area contributed by atoms with Crippen molar-refractivity contribution in [3.63, 3.8) is 0 Å². The SMILES string of the molecule is CCOC(OCC)[C@@H](N)c1ccc(-c2ccccc2)cc1. The van der Waals surface area contributed by atoms with Crippen molar-refractivity contribution in [3.8, 4) is 11.1 Å². The first kappa shape index (κ1) is 15.7. The van der Waals surface area contributed by atoms with Crippen LogP contribution in [0.15, 0.2) is 54.6 Å². The maximum atomic E-state index is 6.25. The molecule has 0 aliphatic heterocycles. The van der Waals surface area contributed by atoms with Crippen molar-refractivity contribution in [1.82, 2.24) is 0 Å². The fourth-order valence-electron chi connectivity index (χ4n) is 2.27. The average Bonchev–Trinajstić information content (AvgIpc) is 2.55. The molecule has 3 heteroatoms. The lowest BCUT2D eigenvalue weighted by Gasteiger charge is -2.24. The summed E-state index contributed by atoms with van der Waals surface area (Å²) in [6, 6.07) is 18.2. The van der Waals surface area contributed by atoms with Gasteiger partial charge in [-0.15, -0.1) is 0 Å². The molecule has 0 spiro atoms. The molecular weight excluding hydrogens is 262 g/mol. The summed E-state index contributed by atoms with van der Waals surface area (Å²) in [6.07, 6.45) is -0.400. The molecule has 21 heavy (non-hydrogen) atoms. The smallest absolute Gasteiger partial charge is 0.176 e. The summed E-state index contributed by atoms with van der Waals surface area (Å²) in [5.41, 5.74) is 9.64. The van der Waals surface area contributed by atoms with Gasteiger partial charge in [0.05, 0.1) is 6.04 Å². The molecule has 0 aliphatic rings. The summed E-state index contributed by atoms with van der Waals surface area (Å²) in [5, 5.41) is 0. The van der Waals surface area contributed by atoms with Crippen molar-refractivity contribution >= 4 is 0 Å². The van der Waals surface area contributed by atoms with Gasteiger partial charge in [-0.05, 0) is 30.5 Å². The zero-order valence-corrected chi connectivity index (χ0v) is 12.7. The van der Waals surface area contributed by atoms with Crippen LogP contribution in [0.1, 0.15) is 25.5 Å². The first-order valence-corrected chi connectivity index (χ1v) is 7.40. The van der Waals surface area contributed by atoms with E-state index in [-0.39, 0.29) is 6.04 Å². The highest BCUT2D eigenvalue weighted by Crippen LogP contribution is 2.23. The van der Waals surface area contributed by atoms with E-state index in [1.807, 2.05) is 44.2 Å². The van der Waals surface area contributed by atoms with Crippen molar-refractivity contribution in [2.45, 2.75) is 26.2 Å². The maximum absolute atomic E-state index is 6.25. The average molecular weight is 285 g/mol. The Labute approximate surface area is 126 Å². The highest BCUT2D eigenvalue weighted by Gasteiger charge is 2.19. The number of nitrogens with two attached hydrogens (primary N) is 1. The minimum absolute atomic E-state index is 0.283. The lowest BCUT2D eigenvalue weighted by Crippen LogP contribution is -2.31. The molecule has 2 N–H and O–H groups in total. The molecule has 0 saturated heterocycles. The lowest BCUT2D eigenvalue weighted by molar-refractivity contribution is -0.149. The minimum atomic E-state index is -0.400. The van der Waals surface area contributed by atoms with E-state index in [0.717, 1.165) is 5.56 Å². The molecule has 0 aromatic heterocycles. The van der Waals surface area contributed by atoms with Gasteiger partial charge in [0.1, 0.15) is 0 Å². The van der Waals surface area contributed by atoms with Gasteiger partial charge in [0.25, 0.3) is 0 Å². The van der Waals surface area contributed by atoms with Crippen LogP contribution in [0.5, 0.6) is 0 Å². The van der Waals surface area contributed by atoms with Crippen LogP contribution in [-0.2, 0) is 9.47 Å². The van der Waals surface area contributed by atoms with Crippen molar-refractivity contribution in [3.05, 3.63) is 60.2 Å². The Balaban J connectivity index is 2.14. The maximum Gasteiger partial charge on any atom is 0.176 e. The molecule has 112 valence electrons. The van der Waals surface area contributed by atoms with Crippen LogP contribution in [0.2, 0.25) is 0 Å². The lowest BCUT2D eigenvalue weighted by atomic mass is 10.0.